The first-order valence-corrected chi connectivity index (χ1v) is 11.7. The van der Waals surface area contributed by atoms with E-state index < -0.39 is 17.7 Å². The summed E-state index contributed by atoms with van der Waals surface area (Å²) < 4.78 is 3.66. The minimum absolute atomic E-state index is 0.0905. The van der Waals surface area contributed by atoms with Crippen LogP contribution in [0.4, 0.5) is 5.82 Å². The van der Waals surface area contributed by atoms with Gasteiger partial charge in [0.1, 0.15) is 17.7 Å². The number of halogens is 1. The normalized spacial score (nSPS) is 23.2. The van der Waals surface area contributed by atoms with Crippen LogP contribution in [0.2, 0.25) is 5.02 Å². The molecule has 1 aliphatic rings. The molecule has 5 rings (SSSR count). The van der Waals surface area contributed by atoms with Crippen molar-refractivity contribution in [3.63, 3.8) is 0 Å². The molecular formula is C23H27ClN8O3. The Labute approximate surface area is 206 Å². The van der Waals surface area contributed by atoms with Gasteiger partial charge >= 0.3 is 0 Å². The topological polar surface area (TPSA) is 148 Å². The van der Waals surface area contributed by atoms with E-state index >= 15 is 0 Å². The van der Waals surface area contributed by atoms with E-state index in [1.807, 2.05) is 23.7 Å². The maximum Gasteiger partial charge on any atom is 0.223 e. The fourth-order valence-corrected chi connectivity index (χ4v) is 5.09. The molecule has 1 aliphatic heterocycles. The first-order chi connectivity index (χ1) is 16.6. The Morgan fingerprint density at radius 1 is 1.29 bits per heavy atom. The number of anilines is 1. The van der Waals surface area contributed by atoms with Crippen LogP contribution in [0.1, 0.15) is 31.6 Å². The number of nitrogens with two attached hydrogens (primary N) is 1. The SMILES string of the molecule is Cn1c(CCC(=O)N2C[C@@H](O)C[C@@](C)(O)[C@H](n3cnc4c(N)ncnc43)C2)nc2cc(Cl)ccc21. The van der Waals surface area contributed by atoms with E-state index in [1.54, 1.807) is 28.8 Å². The number of aliphatic hydroxyl groups excluding tert-OH is 1. The van der Waals surface area contributed by atoms with Crippen molar-refractivity contribution in [2.24, 2.45) is 7.05 Å². The van der Waals surface area contributed by atoms with E-state index in [0.717, 1.165) is 16.9 Å². The van der Waals surface area contributed by atoms with Crippen molar-refractivity contribution in [2.45, 2.75) is 43.9 Å². The van der Waals surface area contributed by atoms with Crippen LogP contribution in [0.3, 0.4) is 0 Å². The van der Waals surface area contributed by atoms with Crippen LogP contribution in [-0.2, 0) is 18.3 Å². The molecule has 3 atom stereocenters. The van der Waals surface area contributed by atoms with Gasteiger partial charge in [-0.3, -0.25) is 4.79 Å². The van der Waals surface area contributed by atoms with Crippen molar-refractivity contribution in [3.05, 3.63) is 41.7 Å². The summed E-state index contributed by atoms with van der Waals surface area (Å²) in [6.07, 6.45) is 2.71. The maximum atomic E-state index is 13.3. The second kappa shape index (κ2) is 8.74. The van der Waals surface area contributed by atoms with Gasteiger partial charge in [-0.1, -0.05) is 11.6 Å². The van der Waals surface area contributed by atoms with Gasteiger partial charge in [-0.2, -0.15) is 0 Å². The summed E-state index contributed by atoms with van der Waals surface area (Å²) >= 11 is 6.09. The van der Waals surface area contributed by atoms with Gasteiger partial charge in [-0.05, 0) is 25.1 Å². The van der Waals surface area contributed by atoms with E-state index in [1.165, 1.54) is 6.33 Å². The Morgan fingerprint density at radius 2 is 2.09 bits per heavy atom. The number of hydrogen-bond acceptors (Lipinski definition) is 8. The van der Waals surface area contributed by atoms with E-state index in [0.29, 0.717) is 22.6 Å². The van der Waals surface area contributed by atoms with Crippen molar-refractivity contribution in [3.8, 4) is 0 Å². The third-order valence-electron chi connectivity index (χ3n) is 6.76. The summed E-state index contributed by atoms with van der Waals surface area (Å²) in [5, 5.41) is 22.5. The number of carbonyl (C=O) groups is 1. The van der Waals surface area contributed by atoms with Crippen LogP contribution in [0.25, 0.3) is 22.2 Å². The zero-order valence-electron chi connectivity index (χ0n) is 19.5. The van der Waals surface area contributed by atoms with Crippen LogP contribution >= 0.6 is 11.6 Å². The minimum Gasteiger partial charge on any atom is -0.391 e. The number of likely N-dealkylation sites (tertiary alicyclic amines) is 1. The van der Waals surface area contributed by atoms with Crippen LogP contribution in [0, 0.1) is 0 Å². The number of β-amino-alcohol motifs (C(OH)–C–C–N with tert-alkyl or cyclic N) is 1. The van der Waals surface area contributed by atoms with Crippen LogP contribution in [-0.4, -0.2) is 74.9 Å². The van der Waals surface area contributed by atoms with Gasteiger partial charge in [0, 0.05) is 44.4 Å². The summed E-state index contributed by atoms with van der Waals surface area (Å²) in [6.45, 7) is 1.94. The smallest absolute Gasteiger partial charge is 0.223 e. The number of nitrogens with zero attached hydrogens (tertiary/aromatic N) is 7. The summed E-state index contributed by atoms with van der Waals surface area (Å²) in [6, 6.07) is 4.91. The molecule has 4 aromatic rings. The molecule has 184 valence electrons. The van der Waals surface area contributed by atoms with Gasteiger partial charge in [0.25, 0.3) is 0 Å². The van der Waals surface area contributed by atoms with E-state index in [-0.39, 0.29) is 37.7 Å². The number of nitrogen functional groups attached to an aromatic ring is 1. The van der Waals surface area contributed by atoms with Gasteiger partial charge < -0.3 is 30.0 Å². The van der Waals surface area contributed by atoms with Crippen molar-refractivity contribution in [1.82, 2.24) is 34.0 Å². The van der Waals surface area contributed by atoms with Crippen molar-refractivity contribution in [2.75, 3.05) is 18.8 Å². The molecule has 4 N–H and O–H groups in total. The molecule has 0 spiro atoms. The van der Waals surface area contributed by atoms with Gasteiger partial charge in [0.2, 0.25) is 5.91 Å². The first-order valence-electron chi connectivity index (χ1n) is 11.4. The summed E-state index contributed by atoms with van der Waals surface area (Å²) in [5.74, 6) is 0.858. The number of hydrogen-bond donors (Lipinski definition) is 3. The zero-order chi connectivity index (χ0) is 24.9. The van der Waals surface area contributed by atoms with Crippen LogP contribution < -0.4 is 5.73 Å². The molecule has 0 unspecified atom stereocenters. The fraction of sp³-hybridized carbons (Fsp3) is 0.435. The summed E-state index contributed by atoms with van der Waals surface area (Å²) in [4.78, 5) is 32.1. The van der Waals surface area contributed by atoms with Crippen LogP contribution in [0.5, 0.6) is 0 Å². The zero-order valence-corrected chi connectivity index (χ0v) is 20.2. The first kappa shape index (κ1) is 23.5. The lowest BCUT2D eigenvalue weighted by atomic mass is 9.91. The number of aliphatic hydroxyl groups is 2. The molecule has 3 aromatic heterocycles. The molecule has 35 heavy (non-hydrogen) atoms. The highest BCUT2D eigenvalue weighted by atomic mass is 35.5. The van der Waals surface area contributed by atoms with E-state index in [9.17, 15) is 15.0 Å². The molecule has 1 saturated heterocycles. The molecular weight excluding hydrogens is 472 g/mol. The predicted molar refractivity (Wildman–Crippen MR) is 131 cm³/mol. The number of benzene rings is 1. The summed E-state index contributed by atoms with van der Waals surface area (Å²) in [7, 11) is 1.91. The Bertz CT molecular complexity index is 1410. The number of carbonyl (C=O) groups excluding carboxylic acids is 1. The highest BCUT2D eigenvalue weighted by Gasteiger charge is 2.42. The predicted octanol–water partition coefficient (Wildman–Crippen LogP) is 1.47. The quantitative estimate of drug-likeness (QED) is 0.383. The number of aryl methyl sites for hydroxylation is 2. The molecule has 0 bridgehead atoms. The standard InChI is InChI=1S/C23H27ClN8O3/c1-23(35)8-14(33)9-31(10-17(23)32-12-28-20-21(25)26-11-27-22(20)32)19(34)6-5-18-29-15-7-13(24)3-4-16(15)30(18)2/h3-4,7,11-12,14,17,33,35H,5-6,8-10H2,1-2H3,(H2,25,26,27)/t14-,17+,23+/m0/s1. The van der Waals surface area contributed by atoms with Crippen LogP contribution in [0.15, 0.2) is 30.9 Å². The van der Waals surface area contributed by atoms with Gasteiger partial charge in [0.05, 0.1) is 35.1 Å². The van der Waals surface area contributed by atoms with E-state index in [4.69, 9.17) is 17.3 Å². The van der Waals surface area contributed by atoms with Gasteiger partial charge in [-0.15, -0.1) is 0 Å². The number of imidazole rings is 2. The average molecular weight is 499 g/mol. The Balaban J connectivity index is 1.39. The van der Waals surface area contributed by atoms with E-state index in [2.05, 4.69) is 19.9 Å². The molecule has 1 amide bonds. The molecule has 0 saturated carbocycles. The highest BCUT2D eigenvalue weighted by molar-refractivity contribution is 6.31. The minimum atomic E-state index is -1.32. The Kier molecular flexibility index (Phi) is 5.86. The number of rotatable bonds is 4. The molecule has 12 heteroatoms. The van der Waals surface area contributed by atoms with Gasteiger partial charge in [-0.25, -0.2) is 19.9 Å². The second-order valence-corrected chi connectivity index (χ2v) is 9.77. The number of fused-ring (bicyclic) bond motifs is 2. The lowest BCUT2D eigenvalue weighted by Gasteiger charge is -2.34. The third-order valence-corrected chi connectivity index (χ3v) is 7.00. The lowest BCUT2D eigenvalue weighted by molar-refractivity contribution is -0.132. The average Bonchev–Trinajstić information content (AvgIpc) is 3.32. The highest BCUT2D eigenvalue weighted by Crippen LogP contribution is 2.34. The molecule has 1 aromatic carbocycles. The molecule has 1 fully saturated rings. The van der Waals surface area contributed by atoms with Crippen molar-refractivity contribution < 1.29 is 15.0 Å². The number of aromatic nitrogens is 6. The van der Waals surface area contributed by atoms with Gasteiger partial charge in [0.15, 0.2) is 11.5 Å². The lowest BCUT2D eigenvalue weighted by Crippen LogP contribution is -2.42. The molecule has 0 aliphatic carbocycles. The molecule has 4 heterocycles. The third kappa shape index (κ3) is 4.30. The van der Waals surface area contributed by atoms with Crippen molar-refractivity contribution in [1.29, 1.82) is 0 Å². The summed E-state index contributed by atoms with van der Waals surface area (Å²) in [5.41, 5.74) is 7.21. The largest absolute Gasteiger partial charge is 0.391 e. The van der Waals surface area contributed by atoms with Crippen molar-refractivity contribution >= 4 is 45.5 Å². The Hall–Kier alpha value is -3.28. The monoisotopic (exact) mass is 498 g/mol. The number of amides is 1. The second-order valence-electron chi connectivity index (χ2n) is 9.33. The Morgan fingerprint density at radius 3 is 2.89 bits per heavy atom. The molecule has 11 nitrogen and oxygen atoms in total. The maximum absolute atomic E-state index is 13.3. The molecule has 0 radical (unpaired) electrons. The fourth-order valence-electron chi connectivity index (χ4n) is 4.92.